The van der Waals surface area contributed by atoms with Crippen molar-refractivity contribution in [3.63, 3.8) is 0 Å². The molecule has 130 valence electrons. The molecule has 0 spiro atoms. The molecule has 3 rings (SSSR count). The SMILES string of the molecule is Cc1csc(=O)n1CCC(=O)NC(C)c1ccc(-n2cncn2)cc1. The fourth-order valence-corrected chi connectivity index (χ4v) is 3.30. The highest BCUT2D eigenvalue weighted by molar-refractivity contribution is 7.07. The van der Waals surface area contributed by atoms with Crippen molar-refractivity contribution in [3.8, 4) is 5.69 Å². The number of carbonyl (C=O) groups is 1. The molecule has 0 bridgehead atoms. The van der Waals surface area contributed by atoms with Gasteiger partial charge in [-0.25, -0.2) is 9.67 Å². The van der Waals surface area contributed by atoms with Crippen LogP contribution < -0.4 is 10.2 Å². The van der Waals surface area contributed by atoms with Crippen LogP contribution in [0.2, 0.25) is 0 Å². The van der Waals surface area contributed by atoms with Crippen LogP contribution in [0.25, 0.3) is 5.69 Å². The third-order valence-electron chi connectivity index (χ3n) is 3.99. The van der Waals surface area contributed by atoms with Gasteiger partial charge in [0.2, 0.25) is 5.91 Å². The second-order valence-corrected chi connectivity index (χ2v) is 6.59. The summed E-state index contributed by atoms with van der Waals surface area (Å²) in [5, 5.41) is 8.85. The predicted octanol–water partition coefficient (Wildman–Crippen LogP) is 2.07. The van der Waals surface area contributed by atoms with E-state index in [1.807, 2.05) is 38.1 Å². The molecule has 1 amide bonds. The minimum Gasteiger partial charge on any atom is -0.350 e. The average molecular weight is 357 g/mol. The molecule has 7 nitrogen and oxygen atoms in total. The van der Waals surface area contributed by atoms with Crippen LogP contribution in [-0.2, 0) is 11.3 Å². The second-order valence-electron chi connectivity index (χ2n) is 5.77. The van der Waals surface area contributed by atoms with Gasteiger partial charge >= 0.3 is 4.87 Å². The molecule has 2 heterocycles. The Morgan fingerprint density at radius 3 is 2.68 bits per heavy atom. The Balaban J connectivity index is 1.57. The number of aryl methyl sites for hydroxylation is 1. The van der Waals surface area contributed by atoms with Crippen LogP contribution >= 0.6 is 11.3 Å². The van der Waals surface area contributed by atoms with E-state index in [2.05, 4.69) is 15.4 Å². The van der Waals surface area contributed by atoms with Gasteiger partial charge in [-0.3, -0.25) is 9.59 Å². The maximum atomic E-state index is 12.2. The Labute approximate surface area is 149 Å². The Morgan fingerprint density at radius 2 is 2.08 bits per heavy atom. The van der Waals surface area contributed by atoms with Gasteiger partial charge in [-0.2, -0.15) is 5.10 Å². The molecule has 0 aliphatic heterocycles. The van der Waals surface area contributed by atoms with Gasteiger partial charge in [0.25, 0.3) is 0 Å². The van der Waals surface area contributed by atoms with Crippen molar-refractivity contribution in [2.24, 2.45) is 0 Å². The molecule has 0 radical (unpaired) electrons. The van der Waals surface area contributed by atoms with E-state index in [1.54, 1.807) is 21.0 Å². The smallest absolute Gasteiger partial charge is 0.307 e. The van der Waals surface area contributed by atoms with Crippen molar-refractivity contribution in [3.05, 3.63) is 63.2 Å². The van der Waals surface area contributed by atoms with Crippen LogP contribution in [0, 0.1) is 6.92 Å². The number of benzene rings is 1. The van der Waals surface area contributed by atoms with E-state index >= 15 is 0 Å². The van der Waals surface area contributed by atoms with Crippen LogP contribution in [0.15, 0.2) is 47.1 Å². The molecule has 0 fully saturated rings. The molecule has 0 saturated carbocycles. The van der Waals surface area contributed by atoms with Gasteiger partial charge in [-0.1, -0.05) is 23.5 Å². The van der Waals surface area contributed by atoms with E-state index in [1.165, 1.54) is 6.33 Å². The lowest BCUT2D eigenvalue weighted by atomic mass is 10.1. The van der Waals surface area contributed by atoms with Gasteiger partial charge < -0.3 is 9.88 Å². The fraction of sp³-hybridized carbons (Fsp3) is 0.294. The Kier molecular flexibility index (Phi) is 5.08. The number of thiazole rings is 1. The largest absolute Gasteiger partial charge is 0.350 e. The Bertz CT molecular complexity index is 896. The summed E-state index contributed by atoms with van der Waals surface area (Å²) in [6.07, 6.45) is 3.39. The normalized spacial score (nSPS) is 12.1. The van der Waals surface area contributed by atoms with Gasteiger partial charge in [0.05, 0.1) is 11.7 Å². The number of hydrogen-bond donors (Lipinski definition) is 1. The number of hydrogen-bond acceptors (Lipinski definition) is 5. The van der Waals surface area contributed by atoms with E-state index in [4.69, 9.17) is 0 Å². The molecule has 1 atom stereocenters. The van der Waals surface area contributed by atoms with Crippen LogP contribution in [0.4, 0.5) is 0 Å². The van der Waals surface area contributed by atoms with Crippen molar-refractivity contribution < 1.29 is 4.79 Å². The summed E-state index contributed by atoms with van der Waals surface area (Å²) in [5.74, 6) is -0.0784. The molecule has 1 unspecified atom stereocenters. The summed E-state index contributed by atoms with van der Waals surface area (Å²) < 4.78 is 3.30. The number of amides is 1. The van der Waals surface area contributed by atoms with E-state index in [0.29, 0.717) is 6.54 Å². The van der Waals surface area contributed by atoms with Gasteiger partial charge in [-0.15, -0.1) is 0 Å². The Hall–Kier alpha value is -2.74. The molecule has 0 aliphatic rings. The minimum absolute atomic E-state index is 0.0259. The van der Waals surface area contributed by atoms with E-state index in [0.717, 1.165) is 28.3 Å². The number of rotatable bonds is 6. The second kappa shape index (κ2) is 7.43. The first-order valence-corrected chi connectivity index (χ1v) is 8.82. The van der Waals surface area contributed by atoms with E-state index in [-0.39, 0.29) is 23.2 Å². The van der Waals surface area contributed by atoms with E-state index in [9.17, 15) is 9.59 Å². The number of carbonyl (C=O) groups excluding carboxylic acids is 1. The lowest BCUT2D eigenvalue weighted by molar-refractivity contribution is -0.121. The van der Waals surface area contributed by atoms with Crippen LogP contribution in [-0.4, -0.2) is 25.2 Å². The summed E-state index contributed by atoms with van der Waals surface area (Å²) >= 11 is 1.16. The monoisotopic (exact) mass is 357 g/mol. The standard InChI is InChI=1S/C17H19N5O2S/c1-12-9-25-17(24)21(12)8-7-16(23)20-13(2)14-3-5-15(6-4-14)22-11-18-10-19-22/h3-6,9-11,13H,7-8H2,1-2H3,(H,20,23). The van der Waals surface area contributed by atoms with Crippen molar-refractivity contribution in [1.82, 2.24) is 24.6 Å². The quantitative estimate of drug-likeness (QED) is 0.732. The lowest BCUT2D eigenvalue weighted by Crippen LogP contribution is -2.28. The zero-order valence-electron chi connectivity index (χ0n) is 14.0. The molecule has 3 aromatic rings. The molecule has 25 heavy (non-hydrogen) atoms. The third-order valence-corrected chi connectivity index (χ3v) is 4.87. The molecular formula is C17H19N5O2S. The Morgan fingerprint density at radius 1 is 1.32 bits per heavy atom. The summed E-state index contributed by atoms with van der Waals surface area (Å²) in [4.78, 5) is 27.7. The van der Waals surface area contributed by atoms with Crippen LogP contribution in [0.3, 0.4) is 0 Å². The number of aromatic nitrogens is 4. The van der Waals surface area contributed by atoms with Gasteiger partial charge in [0, 0.05) is 24.0 Å². The first-order chi connectivity index (χ1) is 12.0. The topological polar surface area (TPSA) is 81.8 Å². The van der Waals surface area contributed by atoms with Gasteiger partial charge in [0.1, 0.15) is 12.7 Å². The number of nitrogens with zero attached hydrogens (tertiary/aromatic N) is 4. The number of nitrogens with one attached hydrogen (secondary N) is 1. The summed E-state index contributed by atoms with van der Waals surface area (Å²) in [5.41, 5.74) is 2.80. The van der Waals surface area contributed by atoms with Crippen molar-refractivity contribution in [1.29, 1.82) is 0 Å². The molecular weight excluding hydrogens is 338 g/mol. The van der Waals surface area contributed by atoms with Crippen LogP contribution in [0.1, 0.15) is 30.6 Å². The zero-order valence-corrected chi connectivity index (χ0v) is 14.9. The third kappa shape index (κ3) is 4.03. The maximum Gasteiger partial charge on any atom is 0.307 e. The molecule has 0 aliphatic carbocycles. The van der Waals surface area contributed by atoms with Gasteiger partial charge in [0.15, 0.2) is 0 Å². The molecule has 1 aromatic carbocycles. The maximum absolute atomic E-state index is 12.2. The highest BCUT2D eigenvalue weighted by atomic mass is 32.1. The summed E-state index contributed by atoms with van der Waals surface area (Å²) in [6, 6.07) is 7.66. The average Bonchev–Trinajstić information content (AvgIpc) is 3.24. The zero-order chi connectivity index (χ0) is 17.8. The van der Waals surface area contributed by atoms with Crippen molar-refractivity contribution in [2.75, 3.05) is 0 Å². The van der Waals surface area contributed by atoms with E-state index < -0.39 is 0 Å². The van der Waals surface area contributed by atoms with Crippen LogP contribution in [0.5, 0.6) is 0 Å². The van der Waals surface area contributed by atoms with Crippen molar-refractivity contribution >= 4 is 17.2 Å². The first kappa shape index (κ1) is 17.1. The van der Waals surface area contributed by atoms with Crippen molar-refractivity contribution in [2.45, 2.75) is 32.9 Å². The summed E-state index contributed by atoms with van der Waals surface area (Å²) in [6.45, 7) is 4.21. The first-order valence-electron chi connectivity index (χ1n) is 7.94. The molecule has 2 aromatic heterocycles. The summed E-state index contributed by atoms with van der Waals surface area (Å²) in [7, 11) is 0. The highest BCUT2D eigenvalue weighted by Gasteiger charge is 2.11. The fourth-order valence-electron chi connectivity index (χ4n) is 2.54. The lowest BCUT2D eigenvalue weighted by Gasteiger charge is -2.15. The predicted molar refractivity (Wildman–Crippen MR) is 95.8 cm³/mol. The van der Waals surface area contributed by atoms with Gasteiger partial charge in [-0.05, 0) is 31.5 Å². The molecule has 8 heteroatoms. The minimum atomic E-state index is -0.113. The molecule has 1 N–H and O–H groups in total. The molecule has 0 saturated heterocycles. The highest BCUT2D eigenvalue weighted by Crippen LogP contribution is 2.15.